The highest BCUT2D eigenvalue weighted by Gasteiger charge is 2.12. The van der Waals surface area contributed by atoms with Crippen LogP contribution in [-0.2, 0) is 4.79 Å². The second-order valence-electron chi connectivity index (χ2n) is 4.09. The predicted octanol–water partition coefficient (Wildman–Crippen LogP) is 4.98. The van der Waals surface area contributed by atoms with Gasteiger partial charge in [0.1, 0.15) is 15.3 Å². The van der Waals surface area contributed by atoms with Crippen molar-refractivity contribution in [3.63, 3.8) is 0 Å². The minimum absolute atomic E-state index is 0.0468. The highest BCUT2D eigenvalue weighted by atomic mass is 35.5. The van der Waals surface area contributed by atoms with Gasteiger partial charge in [-0.1, -0.05) is 34.8 Å². The fourth-order valence-corrected chi connectivity index (χ4v) is 1.68. The Bertz CT molecular complexity index is 763. The number of ether oxygens (including phenoxy) is 1. The summed E-state index contributed by atoms with van der Waals surface area (Å²) in [6, 6.07) is 5.69. The maximum atomic E-state index is 13.5. The van der Waals surface area contributed by atoms with E-state index in [9.17, 15) is 13.6 Å². The molecule has 120 valence electrons. The van der Waals surface area contributed by atoms with E-state index in [2.05, 4.69) is 10.3 Å². The first-order chi connectivity index (χ1) is 10.9. The van der Waals surface area contributed by atoms with Crippen molar-refractivity contribution in [2.45, 2.75) is 0 Å². The molecule has 23 heavy (non-hydrogen) atoms. The first-order valence-electron chi connectivity index (χ1n) is 5.98. The second kappa shape index (κ2) is 7.59. The molecular formula is C14H7Cl3F2N2O2. The normalized spacial score (nSPS) is 10.1. The van der Waals surface area contributed by atoms with Gasteiger partial charge in [0.15, 0.2) is 11.6 Å². The molecule has 0 spiro atoms. The van der Waals surface area contributed by atoms with Gasteiger partial charge in [-0.25, -0.2) is 13.8 Å². The lowest BCUT2D eigenvalue weighted by Gasteiger charge is -2.07. The Morgan fingerprint density at radius 2 is 1.87 bits per heavy atom. The summed E-state index contributed by atoms with van der Waals surface area (Å²) in [5, 5.41) is 2.02. The number of nitrogens with one attached hydrogen (secondary N) is 1. The van der Waals surface area contributed by atoms with E-state index in [1.165, 1.54) is 18.3 Å². The molecule has 9 heteroatoms. The van der Waals surface area contributed by atoms with E-state index in [4.69, 9.17) is 39.5 Å². The number of benzene rings is 1. The van der Waals surface area contributed by atoms with Gasteiger partial charge in [-0.15, -0.1) is 0 Å². The molecule has 1 N–H and O–H groups in total. The molecule has 0 aliphatic carbocycles. The van der Waals surface area contributed by atoms with E-state index >= 15 is 0 Å². The number of amides is 1. The van der Waals surface area contributed by atoms with Crippen molar-refractivity contribution in [3.8, 4) is 11.6 Å². The summed E-state index contributed by atoms with van der Waals surface area (Å²) in [7, 11) is 0. The monoisotopic (exact) mass is 378 g/mol. The zero-order chi connectivity index (χ0) is 17.0. The molecule has 1 heterocycles. The SMILES string of the molecule is O=C(Nc1ccc(Oc2ccc(F)cc2F)nc1)C(Cl)=C(Cl)Cl. The van der Waals surface area contributed by atoms with Crippen molar-refractivity contribution in [1.82, 2.24) is 4.98 Å². The quantitative estimate of drug-likeness (QED) is 0.763. The Morgan fingerprint density at radius 1 is 1.13 bits per heavy atom. The smallest absolute Gasteiger partial charge is 0.269 e. The van der Waals surface area contributed by atoms with Gasteiger partial charge >= 0.3 is 0 Å². The van der Waals surface area contributed by atoms with Crippen LogP contribution < -0.4 is 10.1 Å². The van der Waals surface area contributed by atoms with Crippen LogP contribution in [0.5, 0.6) is 11.6 Å². The van der Waals surface area contributed by atoms with Gasteiger partial charge in [0, 0.05) is 12.1 Å². The largest absolute Gasteiger partial charge is 0.436 e. The van der Waals surface area contributed by atoms with Gasteiger partial charge in [0.2, 0.25) is 5.88 Å². The van der Waals surface area contributed by atoms with E-state index in [1.807, 2.05) is 0 Å². The lowest BCUT2D eigenvalue weighted by molar-refractivity contribution is -0.112. The van der Waals surface area contributed by atoms with Crippen molar-refractivity contribution >= 4 is 46.4 Å². The van der Waals surface area contributed by atoms with Crippen LogP contribution in [0, 0.1) is 11.6 Å². The van der Waals surface area contributed by atoms with E-state index < -0.39 is 17.5 Å². The molecule has 0 saturated carbocycles. The van der Waals surface area contributed by atoms with Gasteiger partial charge in [-0.2, -0.15) is 0 Å². The lowest BCUT2D eigenvalue weighted by atomic mass is 10.3. The van der Waals surface area contributed by atoms with Crippen molar-refractivity contribution in [2.75, 3.05) is 5.32 Å². The number of rotatable bonds is 4. The molecule has 1 aromatic carbocycles. The van der Waals surface area contributed by atoms with Crippen molar-refractivity contribution in [1.29, 1.82) is 0 Å². The summed E-state index contributed by atoms with van der Waals surface area (Å²) in [4.78, 5) is 15.5. The number of carbonyl (C=O) groups is 1. The molecule has 2 aromatic rings. The Labute approximate surface area is 144 Å². The first-order valence-corrected chi connectivity index (χ1v) is 7.11. The molecule has 0 unspecified atom stereocenters. The number of halogens is 5. The van der Waals surface area contributed by atoms with Crippen LogP contribution in [-0.4, -0.2) is 10.9 Å². The number of hydrogen-bond donors (Lipinski definition) is 1. The van der Waals surface area contributed by atoms with Crippen LogP contribution in [0.3, 0.4) is 0 Å². The summed E-state index contributed by atoms with van der Waals surface area (Å²) in [5.74, 6) is -2.44. The third-order valence-corrected chi connectivity index (χ3v) is 3.40. The van der Waals surface area contributed by atoms with Gasteiger partial charge in [0.05, 0.1) is 11.9 Å². The van der Waals surface area contributed by atoms with Gasteiger partial charge in [-0.3, -0.25) is 4.79 Å². The average molecular weight is 380 g/mol. The van der Waals surface area contributed by atoms with Crippen molar-refractivity contribution in [2.24, 2.45) is 0 Å². The van der Waals surface area contributed by atoms with Crippen molar-refractivity contribution < 1.29 is 18.3 Å². The molecule has 4 nitrogen and oxygen atoms in total. The number of carbonyl (C=O) groups excluding carboxylic acids is 1. The van der Waals surface area contributed by atoms with E-state index in [0.717, 1.165) is 12.1 Å². The zero-order valence-corrected chi connectivity index (χ0v) is 13.4. The van der Waals surface area contributed by atoms with E-state index in [-0.39, 0.29) is 26.8 Å². The fourth-order valence-electron chi connectivity index (χ4n) is 1.46. The average Bonchev–Trinajstić information content (AvgIpc) is 2.51. The lowest BCUT2D eigenvalue weighted by Crippen LogP contribution is -2.12. The molecule has 0 aliphatic rings. The van der Waals surface area contributed by atoms with Crippen LogP contribution in [0.15, 0.2) is 46.1 Å². The Balaban J connectivity index is 2.08. The van der Waals surface area contributed by atoms with Crippen LogP contribution in [0.25, 0.3) is 0 Å². The molecule has 1 amide bonds. The highest BCUT2D eigenvalue weighted by Crippen LogP contribution is 2.24. The van der Waals surface area contributed by atoms with Crippen LogP contribution >= 0.6 is 34.8 Å². The van der Waals surface area contributed by atoms with E-state index in [1.54, 1.807) is 0 Å². The minimum atomic E-state index is -0.863. The minimum Gasteiger partial charge on any atom is -0.436 e. The van der Waals surface area contributed by atoms with Crippen LogP contribution in [0.1, 0.15) is 0 Å². The molecular weight excluding hydrogens is 373 g/mol. The van der Waals surface area contributed by atoms with Gasteiger partial charge in [-0.05, 0) is 18.2 Å². The molecule has 0 atom stereocenters. The van der Waals surface area contributed by atoms with Crippen LogP contribution in [0.4, 0.5) is 14.5 Å². The number of aromatic nitrogens is 1. The molecule has 0 bridgehead atoms. The highest BCUT2D eigenvalue weighted by molar-refractivity contribution is 6.63. The molecule has 0 fully saturated rings. The molecule has 0 radical (unpaired) electrons. The standard InChI is InChI=1S/C14H7Cl3F2N2O2/c15-12(13(16)17)14(22)21-8-2-4-11(20-6-8)23-10-3-1-7(18)5-9(10)19/h1-6H,(H,21,22). The van der Waals surface area contributed by atoms with Crippen molar-refractivity contribution in [3.05, 3.63) is 57.7 Å². The molecule has 0 aliphatic heterocycles. The topological polar surface area (TPSA) is 51.2 Å². The Kier molecular flexibility index (Phi) is 5.76. The second-order valence-corrected chi connectivity index (χ2v) is 5.42. The number of hydrogen-bond acceptors (Lipinski definition) is 3. The first kappa shape index (κ1) is 17.5. The number of nitrogens with zero attached hydrogens (tertiary/aromatic N) is 1. The molecule has 0 saturated heterocycles. The maximum Gasteiger partial charge on any atom is 0.269 e. The summed E-state index contributed by atoms with van der Waals surface area (Å²) in [5.41, 5.74) is 0.287. The molecule has 1 aromatic heterocycles. The summed E-state index contributed by atoms with van der Waals surface area (Å²) < 4.78 is 31.1. The number of pyridine rings is 1. The predicted molar refractivity (Wildman–Crippen MR) is 83.9 cm³/mol. The van der Waals surface area contributed by atoms with E-state index in [0.29, 0.717) is 6.07 Å². The zero-order valence-electron chi connectivity index (χ0n) is 11.1. The Morgan fingerprint density at radius 3 is 2.43 bits per heavy atom. The third-order valence-electron chi connectivity index (χ3n) is 2.47. The van der Waals surface area contributed by atoms with Gasteiger partial charge < -0.3 is 10.1 Å². The molecule has 2 rings (SSSR count). The third kappa shape index (κ3) is 4.79. The number of anilines is 1. The summed E-state index contributed by atoms with van der Waals surface area (Å²) >= 11 is 16.3. The fraction of sp³-hybridized carbons (Fsp3) is 0. The summed E-state index contributed by atoms with van der Waals surface area (Å²) in [6.07, 6.45) is 1.25. The Hall–Kier alpha value is -1.89. The van der Waals surface area contributed by atoms with Gasteiger partial charge in [0.25, 0.3) is 5.91 Å². The maximum absolute atomic E-state index is 13.5. The van der Waals surface area contributed by atoms with Crippen LogP contribution in [0.2, 0.25) is 0 Å². The summed E-state index contributed by atoms with van der Waals surface area (Å²) in [6.45, 7) is 0.